The third kappa shape index (κ3) is 2.03. The van der Waals surface area contributed by atoms with Gasteiger partial charge in [0.2, 0.25) is 0 Å². The van der Waals surface area contributed by atoms with Gasteiger partial charge in [-0.05, 0) is 24.3 Å². The molecule has 0 saturated carbocycles. The van der Waals surface area contributed by atoms with Crippen molar-refractivity contribution < 1.29 is 4.74 Å². The Morgan fingerprint density at radius 2 is 1.95 bits per heavy atom. The summed E-state index contributed by atoms with van der Waals surface area (Å²) in [7, 11) is 1.61. The van der Waals surface area contributed by atoms with E-state index in [0.717, 1.165) is 11.3 Å². The number of aromatic nitrogens is 4. The van der Waals surface area contributed by atoms with Gasteiger partial charge >= 0.3 is 0 Å². The molecule has 6 heteroatoms. The maximum Gasteiger partial charge on any atom is 0.278 e. The molecule has 0 aliphatic heterocycles. The first kappa shape index (κ1) is 11.3. The van der Waals surface area contributed by atoms with Crippen LogP contribution in [0.3, 0.4) is 0 Å². The molecule has 0 amide bonds. The lowest BCUT2D eigenvalue weighted by molar-refractivity contribution is 0.415. The van der Waals surface area contributed by atoms with Crippen LogP contribution >= 0.6 is 0 Å². The molecule has 0 aliphatic rings. The Morgan fingerprint density at radius 1 is 1.16 bits per heavy atom. The first-order valence-electron chi connectivity index (χ1n) is 5.63. The molecule has 0 spiro atoms. The minimum Gasteiger partial charge on any atom is -0.497 e. The largest absolute Gasteiger partial charge is 0.497 e. The molecule has 1 N–H and O–H groups in total. The molecular weight excluding hydrogens is 244 g/mol. The zero-order valence-corrected chi connectivity index (χ0v) is 10.1. The third-order valence-corrected chi connectivity index (χ3v) is 2.74. The Labute approximate surface area is 108 Å². The van der Waals surface area contributed by atoms with E-state index < -0.39 is 0 Å². The average molecular weight is 254 g/mol. The van der Waals surface area contributed by atoms with E-state index in [-0.39, 0.29) is 11.1 Å². The van der Waals surface area contributed by atoms with Gasteiger partial charge in [-0.25, -0.2) is 15.0 Å². The van der Waals surface area contributed by atoms with Gasteiger partial charge < -0.3 is 9.72 Å². The van der Waals surface area contributed by atoms with Crippen LogP contribution in [0.5, 0.6) is 5.75 Å². The summed E-state index contributed by atoms with van der Waals surface area (Å²) in [6.07, 6.45) is 2.87. The summed E-state index contributed by atoms with van der Waals surface area (Å²) < 4.78 is 5.10. The zero-order chi connectivity index (χ0) is 13.2. The van der Waals surface area contributed by atoms with Gasteiger partial charge in [0.05, 0.1) is 25.3 Å². The van der Waals surface area contributed by atoms with Gasteiger partial charge in [0.15, 0.2) is 11.2 Å². The van der Waals surface area contributed by atoms with Crippen molar-refractivity contribution >= 4 is 11.2 Å². The third-order valence-electron chi connectivity index (χ3n) is 2.74. The Balaban J connectivity index is 2.12. The lowest BCUT2D eigenvalue weighted by Gasteiger charge is -2.03. The Kier molecular flexibility index (Phi) is 2.68. The van der Waals surface area contributed by atoms with Gasteiger partial charge in [-0.3, -0.25) is 4.79 Å². The highest BCUT2D eigenvalue weighted by Gasteiger charge is 2.06. The van der Waals surface area contributed by atoms with E-state index >= 15 is 0 Å². The van der Waals surface area contributed by atoms with Crippen molar-refractivity contribution in [2.45, 2.75) is 0 Å². The van der Waals surface area contributed by atoms with Gasteiger partial charge in [-0.15, -0.1) is 0 Å². The van der Waals surface area contributed by atoms with E-state index in [0.29, 0.717) is 11.3 Å². The fourth-order valence-corrected chi connectivity index (χ4v) is 1.75. The molecule has 0 radical (unpaired) electrons. The maximum absolute atomic E-state index is 11.5. The predicted molar refractivity (Wildman–Crippen MR) is 69.9 cm³/mol. The first-order chi connectivity index (χ1) is 9.28. The van der Waals surface area contributed by atoms with E-state index in [1.807, 2.05) is 24.3 Å². The van der Waals surface area contributed by atoms with E-state index in [1.165, 1.54) is 6.33 Å². The molecular formula is C13H10N4O2. The molecule has 0 saturated heterocycles. The van der Waals surface area contributed by atoms with E-state index in [4.69, 9.17) is 4.74 Å². The highest BCUT2D eigenvalue weighted by atomic mass is 16.5. The van der Waals surface area contributed by atoms with E-state index in [9.17, 15) is 4.79 Å². The fourth-order valence-electron chi connectivity index (χ4n) is 1.75. The molecule has 2 heterocycles. The molecule has 2 aromatic heterocycles. The summed E-state index contributed by atoms with van der Waals surface area (Å²) in [5, 5.41) is 0. The summed E-state index contributed by atoms with van der Waals surface area (Å²) in [5.41, 5.74) is 1.82. The standard InChI is InChI=1S/C13H10N4O2/c1-19-9-4-2-8(3-5-9)10-6-14-11-12(17-10)15-7-16-13(11)18/h2-7H,1H3,(H,15,16,17,18). The molecule has 0 aliphatic carbocycles. The quantitative estimate of drug-likeness (QED) is 0.747. The number of fused-ring (bicyclic) bond motifs is 1. The Morgan fingerprint density at radius 3 is 2.68 bits per heavy atom. The van der Waals surface area contributed by atoms with Gasteiger partial charge in [-0.1, -0.05) is 0 Å². The number of H-pyrrole nitrogens is 1. The number of nitrogens with one attached hydrogen (secondary N) is 1. The van der Waals surface area contributed by atoms with Crippen molar-refractivity contribution in [2.75, 3.05) is 7.11 Å². The second-order valence-corrected chi connectivity index (χ2v) is 3.89. The summed E-state index contributed by atoms with van der Waals surface area (Å²) in [6.45, 7) is 0. The van der Waals surface area contributed by atoms with Crippen molar-refractivity contribution in [3.05, 3.63) is 47.1 Å². The van der Waals surface area contributed by atoms with Crippen LogP contribution in [-0.4, -0.2) is 27.0 Å². The number of hydrogen-bond donors (Lipinski definition) is 1. The number of aromatic amines is 1. The molecule has 3 rings (SSSR count). The highest BCUT2D eigenvalue weighted by Crippen LogP contribution is 2.20. The van der Waals surface area contributed by atoms with Crippen molar-refractivity contribution in [1.82, 2.24) is 19.9 Å². The van der Waals surface area contributed by atoms with Crippen molar-refractivity contribution in [2.24, 2.45) is 0 Å². The second-order valence-electron chi connectivity index (χ2n) is 3.89. The molecule has 6 nitrogen and oxygen atoms in total. The predicted octanol–water partition coefficient (Wildman–Crippen LogP) is 1.39. The van der Waals surface area contributed by atoms with E-state index in [1.54, 1.807) is 13.3 Å². The summed E-state index contributed by atoms with van der Waals surface area (Å²) in [4.78, 5) is 26.4. The van der Waals surface area contributed by atoms with Crippen LogP contribution in [0.1, 0.15) is 0 Å². The van der Waals surface area contributed by atoms with Gasteiger partial charge in [-0.2, -0.15) is 0 Å². The Hall–Kier alpha value is -2.76. The zero-order valence-electron chi connectivity index (χ0n) is 10.1. The summed E-state index contributed by atoms with van der Waals surface area (Å²) in [6, 6.07) is 7.43. The normalized spacial score (nSPS) is 10.6. The topological polar surface area (TPSA) is 80.8 Å². The minimum absolute atomic E-state index is 0.236. The van der Waals surface area contributed by atoms with Crippen LogP contribution in [0.4, 0.5) is 0 Å². The van der Waals surface area contributed by atoms with Crippen molar-refractivity contribution in [3.63, 3.8) is 0 Å². The lowest BCUT2D eigenvalue weighted by Crippen LogP contribution is -2.09. The molecule has 94 valence electrons. The van der Waals surface area contributed by atoms with Crippen LogP contribution < -0.4 is 10.3 Å². The molecule has 0 bridgehead atoms. The number of ether oxygens (including phenoxy) is 1. The second kappa shape index (κ2) is 4.49. The number of nitrogens with zero attached hydrogens (tertiary/aromatic N) is 3. The maximum atomic E-state index is 11.5. The molecule has 19 heavy (non-hydrogen) atoms. The molecule has 0 unspecified atom stereocenters. The average Bonchev–Trinajstić information content (AvgIpc) is 2.47. The van der Waals surface area contributed by atoms with Gasteiger partial charge in [0.25, 0.3) is 5.56 Å². The number of benzene rings is 1. The molecule has 0 atom stereocenters. The summed E-state index contributed by atoms with van der Waals surface area (Å²) >= 11 is 0. The van der Waals surface area contributed by atoms with Crippen LogP contribution in [0.15, 0.2) is 41.6 Å². The van der Waals surface area contributed by atoms with E-state index in [2.05, 4.69) is 19.9 Å². The number of methoxy groups -OCH3 is 1. The molecule has 0 fully saturated rings. The highest BCUT2D eigenvalue weighted by molar-refractivity contribution is 5.72. The number of rotatable bonds is 2. The van der Waals surface area contributed by atoms with Crippen LogP contribution in [-0.2, 0) is 0 Å². The monoisotopic (exact) mass is 254 g/mol. The fraction of sp³-hybridized carbons (Fsp3) is 0.0769. The van der Waals surface area contributed by atoms with Crippen molar-refractivity contribution in [3.8, 4) is 17.0 Å². The van der Waals surface area contributed by atoms with Crippen LogP contribution in [0.2, 0.25) is 0 Å². The minimum atomic E-state index is -0.293. The Bertz CT molecular complexity index is 781. The van der Waals surface area contributed by atoms with Crippen molar-refractivity contribution in [1.29, 1.82) is 0 Å². The number of hydrogen-bond acceptors (Lipinski definition) is 5. The first-order valence-corrected chi connectivity index (χ1v) is 5.63. The van der Waals surface area contributed by atoms with Crippen LogP contribution in [0, 0.1) is 0 Å². The van der Waals surface area contributed by atoms with Crippen LogP contribution in [0.25, 0.3) is 22.4 Å². The summed E-state index contributed by atoms with van der Waals surface area (Å²) in [5.74, 6) is 0.770. The SMILES string of the molecule is COc1ccc(-c2cnc3c(=O)[nH]cnc3n2)cc1. The lowest BCUT2D eigenvalue weighted by atomic mass is 10.1. The molecule has 1 aromatic carbocycles. The van der Waals surface area contributed by atoms with Gasteiger partial charge in [0, 0.05) is 5.56 Å². The molecule has 3 aromatic rings. The van der Waals surface area contributed by atoms with Gasteiger partial charge in [0.1, 0.15) is 5.75 Å². The smallest absolute Gasteiger partial charge is 0.278 e.